The molecular weight excluding hydrogens is 693 g/mol. The molecule has 0 amide bonds. The van der Waals surface area contributed by atoms with Crippen molar-refractivity contribution in [3.63, 3.8) is 0 Å². The minimum Gasteiger partial charge on any atom is -0.497 e. The normalized spacial score (nSPS) is 11.0. The summed E-state index contributed by atoms with van der Waals surface area (Å²) < 4.78 is 11.3. The fourth-order valence-electron chi connectivity index (χ4n) is 7.34. The lowest BCUT2D eigenvalue weighted by Crippen LogP contribution is -2.14. The van der Waals surface area contributed by atoms with Crippen LogP contribution in [0.5, 0.6) is 11.5 Å². The Morgan fingerprint density at radius 2 is 0.911 bits per heavy atom. The summed E-state index contributed by atoms with van der Waals surface area (Å²) in [7, 11) is 3.38. The number of nitrogens with zero attached hydrogens (tertiary/aromatic N) is 2. The predicted octanol–water partition coefficient (Wildman–Crippen LogP) is 12.2. The van der Waals surface area contributed by atoms with E-state index in [1.807, 2.05) is 42.5 Å². The van der Waals surface area contributed by atoms with Crippen LogP contribution in [0, 0.1) is 27.7 Å². The van der Waals surface area contributed by atoms with Gasteiger partial charge in [0.25, 0.3) is 0 Å². The van der Waals surface area contributed by atoms with Crippen molar-refractivity contribution < 1.29 is 19.7 Å². The third kappa shape index (κ3) is 7.76. The summed E-state index contributed by atoms with van der Waals surface area (Å²) in [5, 5.41) is 20.1. The van der Waals surface area contributed by atoms with Crippen LogP contribution in [0.1, 0.15) is 33.4 Å². The zero-order chi connectivity index (χ0) is 39.3. The Labute approximate surface area is 330 Å². The number of aliphatic hydroxyl groups excluding tert-OH is 2. The molecule has 0 aliphatic heterocycles. The van der Waals surface area contributed by atoms with Crippen LogP contribution in [0.25, 0.3) is 22.3 Å². The van der Waals surface area contributed by atoms with Crippen LogP contribution < -0.4 is 19.3 Å². The zero-order valence-electron chi connectivity index (χ0n) is 32.9. The van der Waals surface area contributed by atoms with Gasteiger partial charge in [-0.1, -0.05) is 78.9 Å². The number of hydrogen-bond donors (Lipinski definition) is 2. The maximum Gasteiger partial charge on any atom is 0.142 e. The molecule has 7 rings (SSSR count). The predicted molar refractivity (Wildman–Crippen MR) is 231 cm³/mol. The first-order valence-electron chi connectivity index (χ1n) is 18.8. The van der Waals surface area contributed by atoms with Crippen molar-refractivity contribution in [3.05, 3.63) is 179 Å². The van der Waals surface area contributed by atoms with E-state index in [0.717, 1.165) is 101 Å². The second-order valence-corrected chi connectivity index (χ2v) is 14.2. The van der Waals surface area contributed by atoms with E-state index >= 15 is 0 Å². The van der Waals surface area contributed by atoms with Crippen LogP contribution in [0.15, 0.2) is 146 Å². The number of ether oxygens (including phenoxy) is 2. The van der Waals surface area contributed by atoms with Crippen molar-refractivity contribution >= 4 is 34.1 Å². The molecule has 6 nitrogen and oxygen atoms in total. The SMILES string of the molecule is COc1ccc(N(c2ccc(-c3ccc(-c4ccc(N(c5ccc(CO)cc5C)c5cc(C)ccc5OC)cc4)cc3)cc2)c2cc(C)ccc2CO)c(C)c1. The molecule has 0 radical (unpaired) electrons. The summed E-state index contributed by atoms with van der Waals surface area (Å²) in [4.78, 5) is 4.44. The van der Waals surface area contributed by atoms with Crippen molar-refractivity contribution in [2.45, 2.75) is 40.9 Å². The minimum absolute atomic E-state index is 0.00319. The van der Waals surface area contributed by atoms with Gasteiger partial charge in [0.1, 0.15) is 11.5 Å². The lowest BCUT2D eigenvalue weighted by atomic mass is 9.99. The van der Waals surface area contributed by atoms with Crippen LogP contribution in [0.2, 0.25) is 0 Å². The maximum absolute atomic E-state index is 10.3. The minimum atomic E-state index is -0.0624. The molecule has 7 aromatic rings. The Bertz CT molecular complexity index is 2280. The van der Waals surface area contributed by atoms with Gasteiger partial charge in [0.2, 0.25) is 0 Å². The van der Waals surface area contributed by atoms with E-state index in [2.05, 4.69) is 141 Å². The largest absolute Gasteiger partial charge is 0.497 e. The first-order chi connectivity index (χ1) is 27.2. The summed E-state index contributed by atoms with van der Waals surface area (Å²) in [6.07, 6.45) is 0. The first-order valence-corrected chi connectivity index (χ1v) is 18.8. The van der Waals surface area contributed by atoms with Gasteiger partial charge >= 0.3 is 0 Å². The Balaban J connectivity index is 1.18. The van der Waals surface area contributed by atoms with E-state index in [-0.39, 0.29) is 13.2 Å². The Morgan fingerprint density at radius 1 is 0.429 bits per heavy atom. The standard InChI is InChI=1S/C50H48N2O4/c1-33-7-10-42(32-54)48(27-33)51(47-25-23-45(55-5)30-36(47)4)43-19-15-40(16-20-43)38-11-13-39(14-12-38)41-17-21-44(22-18-41)52(46-24-9-37(31-53)29-35(46)3)49-28-34(2)8-26-50(49)56-6/h7-30,53-54H,31-32H2,1-6H3. The molecule has 0 saturated heterocycles. The zero-order valence-corrected chi connectivity index (χ0v) is 32.9. The molecular formula is C50H48N2O4. The van der Waals surface area contributed by atoms with Crippen molar-refractivity contribution in [1.29, 1.82) is 0 Å². The highest BCUT2D eigenvalue weighted by atomic mass is 16.5. The second-order valence-electron chi connectivity index (χ2n) is 14.2. The van der Waals surface area contributed by atoms with Crippen molar-refractivity contribution in [1.82, 2.24) is 0 Å². The van der Waals surface area contributed by atoms with E-state index in [1.165, 1.54) is 0 Å². The van der Waals surface area contributed by atoms with Crippen LogP contribution in [-0.2, 0) is 13.2 Å². The number of hydrogen-bond acceptors (Lipinski definition) is 6. The summed E-state index contributed by atoms with van der Waals surface area (Å²) in [6.45, 7) is 8.24. The lowest BCUT2D eigenvalue weighted by molar-refractivity contribution is 0.281. The van der Waals surface area contributed by atoms with E-state index in [1.54, 1.807) is 14.2 Å². The Hall–Kier alpha value is -6.34. The average molecular weight is 741 g/mol. The first kappa shape index (κ1) is 38.0. The molecule has 0 aliphatic carbocycles. The average Bonchev–Trinajstić information content (AvgIpc) is 3.23. The van der Waals surface area contributed by atoms with Crippen molar-refractivity contribution in [3.8, 4) is 33.8 Å². The molecule has 282 valence electrons. The summed E-state index contributed by atoms with van der Waals surface area (Å²) in [5.74, 6) is 1.58. The quantitative estimate of drug-likeness (QED) is 0.130. The highest BCUT2D eigenvalue weighted by molar-refractivity contribution is 5.84. The fraction of sp³-hybridized carbons (Fsp3) is 0.160. The van der Waals surface area contributed by atoms with Crippen LogP contribution >= 0.6 is 0 Å². The van der Waals surface area contributed by atoms with Gasteiger partial charge in [-0.2, -0.15) is 0 Å². The Morgan fingerprint density at radius 3 is 1.39 bits per heavy atom. The van der Waals surface area contributed by atoms with Gasteiger partial charge in [-0.3, -0.25) is 0 Å². The lowest BCUT2D eigenvalue weighted by Gasteiger charge is -2.29. The van der Waals surface area contributed by atoms with Crippen LogP contribution in [-0.4, -0.2) is 24.4 Å². The smallest absolute Gasteiger partial charge is 0.142 e. The van der Waals surface area contributed by atoms with Crippen molar-refractivity contribution in [2.75, 3.05) is 24.0 Å². The van der Waals surface area contributed by atoms with Gasteiger partial charge in [-0.05, 0) is 144 Å². The van der Waals surface area contributed by atoms with Gasteiger partial charge in [0, 0.05) is 28.3 Å². The van der Waals surface area contributed by atoms with Gasteiger partial charge in [0.15, 0.2) is 0 Å². The summed E-state index contributed by atoms with van der Waals surface area (Å²) in [5.41, 5.74) is 16.5. The van der Waals surface area contributed by atoms with Crippen molar-refractivity contribution in [2.24, 2.45) is 0 Å². The van der Waals surface area contributed by atoms with Crippen LogP contribution in [0.4, 0.5) is 34.1 Å². The van der Waals surface area contributed by atoms with Gasteiger partial charge in [0.05, 0.1) is 38.8 Å². The number of benzene rings is 7. The highest BCUT2D eigenvalue weighted by Gasteiger charge is 2.21. The highest BCUT2D eigenvalue weighted by Crippen LogP contribution is 2.44. The number of aliphatic hydroxyl groups is 2. The number of rotatable bonds is 12. The monoisotopic (exact) mass is 740 g/mol. The molecule has 0 saturated carbocycles. The summed E-state index contributed by atoms with van der Waals surface area (Å²) >= 11 is 0. The molecule has 0 heterocycles. The molecule has 0 aromatic heterocycles. The van der Waals surface area contributed by atoms with E-state index in [0.29, 0.717) is 0 Å². The molecule has 7 aromatic carbocycles. The summed E-state index contributed by atoms with van der Waals surface area (Å²) in [6, 6.07) is 50.4. The molecule has 6 heteroatoms. The third-order valence-electron chi connectivity index (χ3n) is 10.4. The topological polar surface area (TPSA) is 65.4 Å². The number of aryl methyl sites for hydroxylation is 4. The molecule has 0 fully saturated rings. The van der Waals surface area contributed by atoms with Crippen LogP contribution in [0.3, 0.4) is 0 Å². The Kier molecular flexibility index (Phi) is 11.2. The van der Waals surface area contributed by atoms with Gasteiger partial charge < -0.3 is 29.5 Å². The fourth-order valence-corrected chi connectivity index (χ4v) is 7.34. The number of methoxy groups -OCH3 is 2. The van der Waals surface area contributed by atoms with Gasteiger partial charge in [-0.25, -0.2) is 0 Å². The van der Waals surface area contributed by atoms with E-state index < -0.39 is 0 Å². The number of anilines is 6. The van der Waals surface area contributed by atoms with E-state index in [9.17, 15) is 10.2 Å². The molecule has 0 aliphatic rings. The molecule has 0 bridgehead atoms. The van der Waals surface area contributed by atoms with Gasteiger partial charge in [-0.15, -0.1) is 0 Å². The molecule has 56 heavy (non-hydrogen) atoms. The molecule has 0 spiro atoms. The molecule has 0 atom stereocenters. The molecule has 2 N–H and O–H groups in total. The molecule has 0 unspecified atom stereocenters. The van der Waals surface area contributed by atoms with E-state index in [4.69, 9.17) is 9.47 Å². The second kappa shape index (κ2) is 16.6. The third-order valence-corrected chi connectivity index (χ3v) is 10.4. The maximum atomic E-state index is 10.3.